The molecule has 0 heterocycles. The monoisotopic (exact) mass is 238 g/mol. The Morgan fingerprint density at radius 1 is 1.24 bits per heavy atom. The normalized spacial score (nSPS) is 10.1. The lowest BCUT2D eigenvalue weighted by Crippen LogP contribution is -2.11. The van der Waals surface area contributed by atoms with Gasteiger partial charge in [0.2, 0.25) is 0 Å². The molecule has 1 rings (SSSR count). The first kappa shape index (κ1) is 13.5. The lowest BCUT2D eigenvalue weighted by Gasteiger charge is -2.11. The van der Waals surface area contributed by atoms with Crippen molar-refractivity contribution in [2.75, 3.05) is 27.4 Å². The second kappa shape index (κ2) is 6.91. The van der Waals surface area contributed by atoms with Gasteiger partial charge in [-0.3, -0.25) is 4.79 Å². The van der Waals surface area contributed by atoms with Crippen LogP contribution in [-0.4, -0.2) is 33.2 Å². The molecule has 0 spiro atoms. The Morgan fingerprint density at radius 3 is 2.59 bits per heavy atom. The van der Waals surface area contributed by atoms with E-state index in [1.807, 2.05) is 6.92 Å². The second-order valence-electron chi connectivity index (χ2n) is 3.52. The molecule has 0 aliphatic carbocycles. The second-order valence-corrected chi connectivity index (χ2v) is 3.52. The van der Waals surface area contributed by atoms with Crippen LogP contribution in [0.5, 0.6) is 11.5 Å². The van der Waals surface area contributed by atoms with Crippen LogP contribution in [0.25, 0.3) is 0 Å². The summed E-state index contributed by atoms with van der Waals surface area (Å²) in [5.74, 6) is 0.906. The molecular formula is C13H18O4. The Labute approximate surface area is 101 Å². The Kier molecular flexibility index (Phi) is 5.49. The first-order valence-electron chi connectivity index (χ1n) is 5.56. The topological polar surface area (TPSA) is 44.8 Å². The van der Waals surface area contributed by atoms with Crippen molar-refractivity contribution < 1.29 is 19.0 Å². The van der Waals surface area contributed by atoms with Gasteiger partial charge in [-0.25, -0.2) is 0 Å². The van der Waals surface area contributed by atoms with Crippen LogP contribution in [-0.2, 0) is 4.74 Å². The van der Waals surface area contributed by atoms with E-state index in [1.54, 1.807) is 25.3 Å². The van der Waals surface area contributed by atoms with Crippen molar-refractivity contribution in [1.29, 1.82) is 0 Å². The maximum atomic E-state index is 11.9. The molecule has 94 valence electrons. The first-order valence-corrected chi connectivity index (χ1v) is 5.56. The number of hydrogen-bond acceptors (Lipinski definition) is 4. The van der Waals surface area contributed by atoms with Gasteiger partial charge in [-0.1, -0.05) is 13.0 Å². The van der Waals surface area contributed by atoms with Gasteiger partial charge in [0.05, 0.1) is 19.8 Å². The van der Waals surface area contributed by atoms with Crippen LogP contribution in [0.3, 0.4) is 0 Å². The van der Waals surface area contributed by atoms with Gasteiger partial charge in [0, 0.05) is 6.61 Å². The lowest BCUT2D eigenvalue weighted by molar-refractivity contribution is 0.0758. The minimum absolute atomic E-state index is 0.0668. The van der Waals surface area contributed by atoms with Crippen LogP contribution in [0, 0.1) is 0 Å². The minimum atomic E-state index is -0.103. The standard InChI is InChI=1S/C13H18O4/c1-4-8-17-9-11(14)10-6-5-7-12(15-2)13(10)16-3/h5-7H,4,8-9H2,1-3H3. The van der Waals surface area contributed by atoms with Gasteiger partial charge >= 0.3 is 0 Å². The number of para-hydroxylation sites is 1. The van der Waals surface area contributed by atoms with Crippen LogP contribution < -0.4 is 9.47 Å². The van der Waals surface area contributed by atoms with E-state index >= 15 is 0 Å². The average molecular weight is 238 g/mol. The molecule has 0 aliphatic rings. The van der Waals surface area contributed by atoms with E-state index in [0.717, 1.165) is 6.42 Å². The molecule has 0 unspecified atom stereocenters. The zero-order valence-corrected chi connectivity index (χ0v) is 10.5. The highest BCUT2D eigenvalue weighted by Crippen LogP contribution is 2.30. The van der Waals surface area contributed by atoms with E-state index in [1.165, 1.54) is 7.11 Å². The highest BCUT2D eigenvalue weighted by molar-refractivity contribution is 6.00. The largest absolute Gasteiger partial charge is 0.493 e. The summed E-state index contributed by atoms with van der Waals surface area (Å²) in [6, 6.07) is 5.22. The van der Waals surface area contributed by atoms with Crippen LogP contribution in [0.2, 0.25) is 0 Å². The summed E-state index contributed by atoms with van der Waals surface area (Å²) in [6.45, 7) is 2.64. The number of hydrogen-bond donors (Lipinski definition) is 0. The number of Topliss-reactive ketones (excluding diaryl/α,β-unsaturated/α-hetero) is 1. The molecule has 4 heteroatoms. The fourth-order valence-electron chi connectivity index (χ4n) is 1.49. The molecular weight excluding hydrogens is 220 g/mol. The molecule has 0 aliphatic heterocycles. The van der Waals surface area contributed by atoms with E-state index in [9.17, 15) is 4.79 Å². The smallest absolute Gasteiger partial charge is 0.192 e. The predicted molar refractivity (Wildman–Crippen MR) is 65.0 cm³/mol. The van der Waals surface area contributed by atoms with Crippen molar-refractivity contribution in [2.24, 2.45) is 0 Å². The zero-order valence-electron chi connectivity index (χ0n) is 10.5. The number of carbonyl (C=O) groups excluding carboxylic acids is 1. The Bertz CT molecular complexity index is 374. The minimum Gasteiger partial charge on any atom is -0.493 e. The molecule has 0 N–H and O–H groups in total. The van der Waals surface area contributed by atoms with E-state index in [-0.39, 0.29) is 12.4 Å². The number of rotatable bonds is 7. The third kappa shape index (κ3) is 3.46. The molecule has 17 heavy (non-hydrogen) atoms. The highest BCUT2D eigenvalue weighted by Gasteiger charge is 2.15. The summed E-state index contributed by atoms with van der Waals surface area (Å²) in [6.07, 6.45) is 0.891. The Hall–Kier alpha value is -1.55. The summed E-state index contributed by atoms with van der Waals surface area (Å²) in [7, 11) is 3.06. The van der Waals surface area contributed by atoms with E-state index in [4.69, 9.17) is 14.2 Å². The van der Waals surface area contributed by atoms with E-state index in [0.29, 0.717) is 23.7 Å². The molecule has 0 fully saturated rings. The van der Waals surface area contributed by atoms with Crippen molar-refractivity contribution in [3.63, 3.8) is 0 Å². The molecule has 0 bridgehead atoms. The molecule has 0 saturated carbocycles. The van der Waals surface area contributed by atoms with Gasteiger partial charge in [-0.15, -0.1) is 0 Å². The Balaban J connectivity index is 2.85. The van der Waals surface area contributed by atoms with Crippen molar-refractivity contribution >= 4 is 5.78 Å². The van der Waals surface area contributed by atoms with Gasteiger partial charge in [-0.2, -0.15) is 0 Å². The number of ether oxygens (including phenoxy) is 3. The van der Waals surface area contributed by atoms with Crippen molar-refractivity contribution in [3.05, 3.63) is 23.8 Å². The quantitative estimate of drug-likeness (QED) is 0.540. The molecule has 0 radical (unpaired) electrons. The number of benzene rings is 1. The van der Waals surface area contributed by atoms with Gasteiger partial charge in [0.25, 0.3) is 0 Å². The maximum absolute atomic E-state index is 11.9. The molecule has 0 saturated heterocycles. The van der Waals surface area contributed by atoms with Crippen molar-refractivity contribution in [2.45, 2.75) is 13.3 Å². The fourth-order valence-corrected chi connectivity index (χ4v) is 1.49. The van der Waals surface area contributed by atoms with E-state index in [2.05, 4.69) is 0 Å². The molecule has 1 aromatic carbocycles. The van der Waals surface area contributed by atoms with Gasteiger partial charge in [-0.05, 0) is 18.6 Å². The molecule has 1 aromatic rings. The molecule has 0 amide bonds. The lowest BCUT2D eigenvalue weighted by atomic mass is 10.1. The third-order valence-corrected chi connectivity index (χ3v) is 2.28. The van der Waals surface area contributed by atoms with Crippen LogP contribution in [0.1, 0.15) is 23.7 Å². The Morgan fingerprint density at radius 2 is 2.00 bits per heavy atom. The zero-order chi connectivity index (χ0) is 12.7. The van der Waals surface area contributed by atoms with Crippen LogP contribution in [0.15, 0.2) is 18.2 Å². The SMILES string of the molecule is CCCOCC(=O)c1cccc(OC)c1OC. The third-order valence-electron chi connectivity index (χ3n) is 2.28. The molecule has 0 atom stereocenters. The van der Waals surface area contributed by atoms with Crippen molar-refractivity contribution in [1.82, 2.24) is 0 Å². The number of carbonyl (C=O) groups is 1. The van der Waals surface area contributed by atoms with Crippen molar-refractivity contribution in [3.8, 4) is 11.5 Å². The highest BCUT2D eigenvalue weighted by atomic mass is 16.5. The number of ketones is 1. The first-order chi connectivity index (χ1) is 8.24. The maximum Gasteiger partial charge on any atom is 0.192 e. The average Bonchev–Trinajstić information content (AvgIpc) is 2.37. The summed E-state index contributed by atoms with van der Waals surface area (Å²) in [4.78, 5) is 11.9. The molecule has 4 nitrogen and oxygen atoms in total. The summed E-state index contributed by atoms with van der Waals surface area (Å²) < 4.78 is 15.6. The van der Waals surface area contributed by atoms with Crippen LogP contribution >= 0.6 is 0 Å². The summed E-state index contributed by atoms with van der Waals surface area (Å²) in [5, 5.41) is 0. The van der Waals surface area contributed by atoms with Crippen LogP contribution in [0.4, 0.5) is 0 Å². The molecule has 0 aromatic heterocycles. The summed E-state index contributed by atoms with van der Waals surface area (Å²) >= 11 is 0. The van der Waals surface area contributed by atoms with Gasteiger partial charge in [0.15, 0.2) is 17.3 Å². The van der Waals surface area contributed by atoms with Gasteiger partial charge < -0.3 is 14.2 Å². The summed E-state index contributed by atoms with van der Waals surface area (Å²) in [5.41, 5.74) is 0.489. The predicted octanol–water partition coefficient (Wildman–Crippen LogP) is 2.31. The van der Waals surface area contributed by atoms with Gasteiger partial charge in [0.1, 0.15) is 6.61 Å². The number of methoxy groups -OCH3 is 2. The van der Waals surface area contributed by atoms with E-state index < -0.39 is 0 Å². The fraction of sp³-hybridized carbons (Fsp3) is 0.462.